The number of hydrogen-bond donors (Lipinski definition) is 0. The Morgan fingerprint density at radius 1 is 1.24 bits per heavy atom. The van der Waals surface area contributed by atoms with Crippen molar-refractivity contribution in [1.82, 2.24) is 4.98 Å². The molecule has 1 aromatic carbocycles. The summed E-state index contributed by atoms with van der Waals surface area (Å²) in [4.78, 5) is 16.2. The predicted octanol–water partition coefficient (Wildman–Crippen LogP) is 4.84. The zero-order valence-corrected chi connectivity index (χ0v) is 14.1. The van der Waals surface area contributed by atoms with Crippen molar-refractivity contribution in [2.45, 2.75) is 19.8 Å². The van der Waals surface area contributed by atoms with Crippen LogP contribution in [0.3, 0.4) is 0 Å². The summed E-state index contributed by atoms with van der Waals surface area (Å²) >= 11 is 9.17. The molecular formula is C16H15BrClNO2. The van der Waals surface area contributed by atoms with Crippen molar-refractivity contribution < 1.29 is 9.53 Å². The van der Waals surface area contributed by atoms with Crippen molar-refractivity contribution in [3.63, 3.8) is 0 Å². The molecule has 0 bridgehead atoms. The van der Waals surface area contributed by atoms with E-state index in [0.717, 1.165) is 10.0 Å². The summed E-state index contributed by atoms with van der Waals surface area (Å²) in [5, 5.41) is 0.682. The summed E-state index contributed by atoms with van der Waals surface area (Å²) in [6, 6.07) is 9.22. The lowest BCUT2D eigenvalue weighted by Crippen LogP contribution is -2.22. The highest BCUT2D eigenvalue weighted by Gasteiger charge is 2.23. The fourth-order valence-corrected chi connectivity index (χ4v) is 2.39. The van der Waals surface area contributed by atoms with Gasteiger partial charge in [0.05, 0.1) is 12.1 Å². The first-order valence-corrected chi connectivity index (χ1v) is 7.72. The Morgan fingerprint density at radius 3 is 2.52 bits per heavy atom. The highest BCUT2D eigenvalue weighted by Crippen LogP contribution is 2.27. The van der Waals surface area contributed by atoms with Gasteiger partial charge in [0, 0.05) is 15.7 Å². The van der Waals surface area contributed by atoms with Crippen LogP contribution in [0.15, 0.2) is 47.2 Å². The zero-order chi connectivity index (χ0) is 15.4. The van der Waals surface area contributed by atoms with Crippen LogP contribution >= 0.6 is 27.5 Å². The van der Waals surface area contributed by atoms with Crippen LogP contribution in [0, 0.1) is 5.92 Å². The second kappa shape index (κ2) is 7.05. The standard InChI is InChI=1S/C16H15BrClNO2/c1-10(12-3-5-14(18)6-4-12)11(2)16(20)21-15-7-13(17)8-19-9-15/h3-11H,1-2H3. The van der Waals surface area contributed by atoms with Crippen LogP contribution < -0.4 is 4.74 Å². The van der Waals surface area contributed by atoms with Gasteiger partial charge in [0.15, 0.2) is 0 Å². The zero-order valence-electron chi connectivity index (χ0n) is 11.7. The van der Waals surface area contributed by atoms with Crippen molar-refractivity contribution in [3.05, 3.63) is 57.8 Å². The quantitative estimate of drug-likeness (QED) is 0.725. The van der Waals surface area contributed by atoms with Crippen LogP contribution in [0.4, 0.5) is 0 Å². The normalized spacial score (nSPS) is 13.5. The van der Waals surface area contributed by atoms with Crippen LogP contribution in [0.25, 0.3) is 0 Å². The number of carbonyl (C=O) groups excluding carboxylic acids is 1. The number of esters is 1. The Balaban J connectivity index is 2.06. The Kier molecular flexibility index (Phi) is 5.37. The number of benzene rings is 1. The average molecular weight is 369 g/mol. The molecule has 110 valence electrons. The minimum Gasteiger partial charge on any atom is -0.425 e. The largest absolute Gasteiger partial charge is 0.425 e. The Morgan fingerprint density at radius 2 is 1.90 bits per heavy atom. The summed E-state index contributed by atoms with van der Waals surface area (Å²) in [6.07, 6.45) is 3.15. The fourth-order valence-electron chi connectivity index (χ4n) is 1.92. The van der Waals surface area contributed by atoms with E-state index in [4.69, 9.17) is 16.3 Å². The molecule has 2 aromatic rings. The summed E-state index contributed by atoms with van der Waals surface area (Å²) in [5.41, 5.74) is 1.05. The lowest BCUT2D eigenvalue weighted by Gasteiger charge is -2.19. The number of pyridine rings is 1. The molecule has 0 aliphatic rings. The van der Waals surface area contributed by atoms with Crippen LogP contribution in [0.1, 0.15) is 25.3 Å². The van der Waals surface area contributed by atoms with Gasteiger partial charge in [0.25, 0.3) is 0 Å². The van der Waals surface area contributed by atoms with Crippen molar-refractivity contribution in [1.29, 1.82) is 0 Å². The van der Waals surface area contributed by atoms with Gasteiger partial charge in [0.2, 0.25) is 0 Å². The Labute approximate surface area is 137 Å². The third-order valence-corrected chi connectivity index (χ3v) is 4.10. The van der Waals surface area contributed by atoms with E-state index in [1.165, 1.54) is 6.20 Å². The smallest absolute Gasteiger partial charge is 0.314 e. The Hall–Kier alpha value is -1.39. The third-order valence-electron chi connectivity index (χ3n) is 3.42. The summed E-state index contributed by atoms with van der Waals surface area (Å²) < 4.78 is 6.14. The fraction of sp³-hybridized carbons (Fsp3) is 0.250. The van der Waals surface area contributed by atoms with E-state index in [9.17, 15) is 4.79 Å². The molecule has 2 atom stereocenters. The molecule has 0 radical (unpaired) electrons. The van der Waals surface area contributed by atoms with Gasteiger partial charge in [-0.3, -0.25) is 9.78 Å². The minimum atomic E-state index is -0.280. The molecule has 3 nitrogen and oxygen atoms in total. The summed E-state index contributed by atoms with van der Waals surface area (Å²) in [6.45, 7) is 3.85. The summed E-state index contributed by atoms with van der Waals surface area (Å²) in [5.74, 6) is -0.0816. The van der Waals surface area contributed by atoms with E-state index in [0.29, 0.717) is 10.8 Å². The number of aromatic nitrogens is 1. The lowest BCUT2D eigenvalue weighted by molar-refractivity contribution is -0.139. The lowest BCUT2D eigenvalue weighted by atomic mass is 9.89. The first-order chi connectivity index (χ1) is 9.97. The highest BCUT2D eigenvalue weighted by molar-refractivity contribution is 9.10. The third kappa shape index (κ3) is 4.29. The molecular weight excluding hydrogens is 354 g/mol. The van der Waals surface area contributed by atoms with Gasteiger partial charge in [0.1, 0.15) is 5.75 Å². The molecule has 5 heteroatoms. The van der Waals surface area contributed by atoms with Crippen LogP contribution in [-0.2, 0) is 4.79 Å². The summed E-state index contributed by atoms with van der Waals surface area (Å²) in [7, 11) is 0. The van der Waals surface area contributed by atoms with E-state index in [2.05, 4.69) is 20.9 Å². The molecule has 0 saturated carbocycles. The number of hydrogen-bond acceptors (Lipinski definition) is 3. The Bertz CT molecular complexity index is 630. The number of nitrogens with zero attached hydrogens (tertiary/aromatic N) is 1. The number of rotatable bonds is 4. The first kappa shape index (κ1) is 16.0. The maximum Gasteiger partial charge on any atom is 0.314 e. The van der Waals surface area contributed by atoms with Gasteiger partial charge < -0.3 is 4.74 Å². The number of carbonyl (C=O) groups is 1. The maximum absolute atomic E-state index is 12.2. The monoisotopic (exact) mass is 367 g/mol. The van der Waals surface area contributed by atoms with Gasteiger partial charge in [-0.2, -0.15) is 0 Å². The van der Waals surface area contributed by atoms with E-state index in [1.54, 1.807) is 12.3 Å². The topological polar surface area (TPSA) is 39.2 Å². The molecule has 21 heavy (non-hydrogen) atoms. The van der Waals surface area contributed by atoms with Crippen molar-refractivity contribution in [2.75, 3.05) is 0 Å². The molecule has 0 N–H and O–H groups in total. The van der Waals surface area contributed by atoms with E-state index in [-0.39, 0.29) is 17.8 Å². The van der Waals surface area contributed by atoms with Gasteiger partial charge in [-0.05, 0) is 45.6 Å². The van der Waals surface area contributed by atoms with Crippen molar-refractivity contribution in [2.24, 2.45) is 5.92 Å². The SMILES string of the molecule is CC(C(=O)Oc1cncc(Br)c1)C(C)c1ccc(Cl)cc1. The molecule has 0 spiro atoms. The molecule has 0 saturated heterocycles. The molecule has 1 heterocycles. The molecule has 2 unspecified atom stereocenters. The van der Waals surface area contributed by atoms with E-state index < -0.39 is 0 Å². The molecule has 0 aliphatic carbocycles. The predicted molar refractivity (Wildman–Crippen MR) is 86.6 cm³/mol. The van der Waals surface area contributed by atoms with Crippen LogP contribution in [-0.4, -0.2) is 11.0 Å². The van der Waals surface area contributed by atoms with Crippen molar-refractivity contribution in [3.8, 4) is 5.75 Å². The highest BCUT2D eigenvalue weighted by atomic mass is 79.9. The van der Waals surface area contributed by atoms with Gasteiger partial charge >= 0.3 is 5.97 Å². The number of ether oxygens (including phenoxy) is 1. The molecule has 1 aromatic heterocycles. The molecule has 0 amide bonds. The minimum absolute atomic E-state index is 0.0369. The second-order valence-corrected chi connectivity index (χ2v) is 6.24. The van der Waals surface area contributed by atoms with Gasteiger partial charge in [-0.1, -0.05) is 37.6 Å². The first-order valence-electron chi connectivity index (χ1n) is 6.55. The van der Waals surface area contributed by atoms with Crippen molar-refractivity contribution >= 4 is 33.5 Å². The van der Waals surface area contributed by atoms with Gasteiger partial charge in [-0.25, -0.2) is 0 Å². The molecule has 2 rings (SSSR count). The molecule has 0 fully saturated rings. The van der Waals surface area contributed by atoms with Crippen LogP contribution in [0.2, 0.25) is 5.02 Å². The van der Waals surface area contributed by atoms with Crippen LogP contribution in [0.5, 0.6) is 5.75 Å². The van der Waals surface area contributed by atoms with E-state index in [1.807, 2.05) is 38.1 Å². The molecule has 0 aliphatic heterocycles. The van der Waals surface area contributed by atoms with Gasteiger partial charge in [-0.15, -0.1) is 0 Å². The maximum atomic E-state index is 12.2. The van der Waals surface area contributed by atoms with E-state index >= 15 is 0 Å². The number of halogens is 2. The average Bonchev–Trinajstić information content (AvgIpc) is 2.46. The second-order valence-electron chi connectivity index (χ2n) is 4.89.